The van der Waals surface area contributed by atoms with Gasteiger partial charge in [-0.1, -0.05) is 0 Å². The Labute approximate surface area is 112 Å². The van der Waals surface area contributed by atoms with Crippen LogP contribution in [0.1, 0.15) is 45.4 Å². The molecule has 1 heterocycles. The Hall–Kier alpha value is -0.120. The summed E-state index contributed by atoms with van der Waals surface area (Å²) in [4.78, 5) is 2.65. The molecule has 3 heteroatoms. The van der Waals surface area contributed by atoms with Crippen LogP contribution in [0, 0.1) is 5.92 Å². The van der Waals surface area contributed by atoms with Gasteiger partial charge in [-0.2, -0.15) is 0 Å². The van der Waals surface area contributed by atoms with Crippen molar-refractivity contribution in [3.05, 3.63) is 0 Å². The molecule has 2 fully saturated rings. The summed E-state index contributed by atoms with van der Waals surface area (Å²) >= 11 is 0. The average Bonchev–Trinajstić information content (AvgIpc) is 3.11. The summed E-state index contributed by atoms with van der Waals surface area (Å²) in [5.41, 5.74) is 0. The number of hydrogen-bond donors (Lipinski definition) is 1. The van der Waals surface area contributed by atoms with Gasteiger partial charge in [0.1, 0.15) is 0 Å². The van der Waals surface area contributed by atoms with Gasteiger partial charge in [0.05, 0.1) is 6.61 Å². The first-order chi connectivity index (χ1) is 8.81. The van der Waals surface area contributed by atoms with Gasteiger partial charge in [-0.15, -0.1) is 0 Å². The maximum Gasteiger partial charge on any atom is 0.0589 e. The highest BCUT2D eigenvalue weighted by molar-refractivity contribution is 4.85. The Morgan fingerprint density at radius 1 is 1.28 bits per heavy atom. The van der Waals surface area contributed by atoms with Gasteiger partial charge >= 0.3 is 0 Å². The number of ether oxygens (including phenoxy) is 1. The fourth-order valence-electron chi connectivity index (χ4n) is 3.15. The van der Waals surface area contributed by atoms with Gasteiger partial charge in [-0.3, -0.25) is 4.90 Å². The lowest BCUT2D eigenvalue weighted by Crippen LogP contribution is -2.38. The first-order valence-corrected chi connectivity index (χ1v) is 7.77. The molecule has 0 spiro atoms. The van der Waals surface area contributed by atoms with Crippen LogP contribution in [0.25, 0.3) is 0 Å². The van der Waals surface area contributed by atoms with E-state index >= 15 is 0 Å². The SMILES string of the molecule is COCCN(CCCC1CCCN1)C(C)C1CC1. The number of rotatable bonds is 9. The van der Waals surface area contributed by atoms with Crippen molar-refractivity contribution in [2.24, 2.45) is 5.92 Å². The molecule has 0 aromatic carbocycles. The highest BCUT2D eigenvalue weighted by atomic mass is 16.5. The maximum atomic E-state index is 5.25. The van der Waals surface area contributed by atoms with Crippen molar-refractivity contribution in [1.29, 1.82) is 0 Å². The normalized spacial score (nSPS) is 25.8. The second-order valence-corrected chi connectivity index (χ2v) is 6.04. The van der Waals surface area contributed by atoms with Gasteiger partial charge in [-0.05, 0) is 64.5 Å². The predicted octanol–water partition coefficient (Wildman–Crippen LogP) is 2.27. The van der Waals surface area contributed by atoms with Crippen molar-refractivity contribution in [3.63, 3.8) is 0 Å². The summed E-state index contributed by atoms with van der Waals surface area (Å²) in [6, 6.07) is 1.56. The van der Waals surface area contributed by atoms with E-state index in [1.54, 1.807) is 0 Å². The fraction of sp³-hybridized carbons (Fsp3) is 1.00. The zero-order valence-electron chi connectivity index (χ0n) is 12.2. The summed E-state index contributed by atoms with van der Waals surface area (Å²) < 4.78 is 5.25. The van der Waals surface area contributed by atoms with E-state index in [1.807, 2.05) is 7.11 Å². The minimum absolute atomic E-state index is 0.761. The van der Waals surface area contributed by atoms with Gasteiger partial charge in [-0.25, -0.2) is 0 Å². The fourth-order valence-corrected chi connectivity index (χ4v) is 3.15. The van der Waals surface area contributed by atoms with E-state index in [0.717, 1.165) is 31.2 Å². The summed E-state index contributed by atoms with van der Waals surface area (Å²) in [5, 5.41) is 3.59. The van der Waals surface area contributed by atoms with Gasteiger partial charge in [0.25, 0.3) is 0 Å². The largest absolute Gasteiger partial charge is 0.383 e. The number of nitrogens with one attached hydrogen (secondary N) is 1. The summed E-state index contributed by atoms with van der Waals surface area (Å²) in [5.74, 6) is 0.964. The zero-order chi connectivity index (χ0) is 12.8. The van der Waals surface area contributed by atoms with Gasteiger partial charge in [0.15, 0.2) is 0 Å². The maximum absolute atomic E-state index is 5.25. The summed E-state index contributed by atoms with van der Waals surface area (Å²) in [6.45, 7) is 6.86. The summed E-state index contributed by atoms with van der Waals surface area (Å²) in [7, 11) is 1.81. The molecule has 2 unspecified atom stereocenters. The lowest BCUT2D eigenvalue weighted by molar-refractivity contribution is 0.115. The number of methoxy groups -OCH3 is 1. The van der Waals surface area contributed by atoms with Crippen molar-refractivity contribution in [3.8, 4) is 0 Å². The number of hydrogen-bond acceptors (Lipinski definition) is 3. The molecule has 1 N–H and O–H groups in total. The van der Waals surface area contributed by atoms with E-state index in [9.17, 15) is 0 Å². The van der Waals surface area contributed by atoms with E-state index in [0.29, 0.717) is 0 Å². The van der Waals surface area contributed by atoms with Crippen molar-refractivity contribution in [2.75, 3.05) is 33.4 Å². The lowest BCUT2D eigenvalue weighted by Gasteiger charge is -2.29. The van der Waals surface area contributed by atoms with Gasteiger partial charge in [0.2, 0.25) is 0 Å². The first kappa shape index (κ1) is 14.3. The monoisotopic (exact) mass is 254 g/mol. The van der Waals surface area contributed by atoms with Crippen LogP contribution in [-0.4, -0.2) is 50.3 Å². The number of nitrogens with zero attached hydrogens (tertiary/aromatic N) is 1. The molecule has 18 heavy (non-hydrogen) atoms. The van der Waals surface area contributed by atoms with Crippen LogP contribution in [0.5, 0.6) is 0 Å². The molecular weight excluding hydrogens is 224 g/mol. The second-order valence-electron chi connectivity index (χ2n) is 6.04. The quantitative estimate of drug-likeness (QED) is 0.683. The first-order valence-electron chi connectivity index (χ1n) is 7.77. The van der Waals surface area contributed by atoms with Crippen LogP contribution in [0.4, 0.5) is 0 Å². The highest BCUT2D eigenvalue weighted by Crippen LogP contribution is 2.35. The molecule has 0 radical (unpaired) electrons. The van der Waals surface area contributed by atoms with E-state index in [4.69, 9.17) is 4.74 Å². The van der Waals surface area contributed by atoms with Crippen molar-refractivity contribution in [1.82, 2.24) is 10.2 Å². The van der Waals surface area contributed by atoms with E-state index in [1.165, 1.54) is 51.6 Å². The Bertz CT molecular complexity index is 225. The van der Waals surface area contributed by atoms with E-state index < -0.39 is 0 Å². The third-order valence-electron chi connectivity index (χ3n) is 4.62. The van der Waals surface area contributed by atoms with E-state index in [2.05, 4.69) is 17.1 Å². The zero-order valence-corrected chi connectivity index (χ0v) is 12.2. The molecule has 0 amide bonds. The van der Waals surface area contributed by atoms with Gasteiger partial charge in [0, 0.05) is 25.7 Å². The average molecular weight is 254 g/mol. The molecule has 1 aliphatic heterocycles. The second kappa shape index (κ2) is 7.46. The molecule has 2 aliphatic rings. The molecular formula is C15H30N2O. The predicted molar refractivity (Wildman–Crippen MR) is 75.9 cm³/mol. The molecule has 3 nitrogen and oxygen atoms in total. The minimum atomic E-state index is 0.761. The molecule has 2 atom stereocenters. The highest BCUT2D eigenvalue weighted by Gasteiger charge is 2.31. The molecule has 1 aliphatic carbocycles. The van der Waals surface area contributed by atoms with Gasteiger partial charge < -0.3 is 10.1 Å². The Morgan fingerprint density at radius 2 is 2.11 bits per heavy atom. The van der Waals surface area contributed by atoms with Crippen molar-refractivity contribution < 1.29 is 4.74 Å². The molecule has 0 bridgehead atoms. The molecule has 0 aromatic heterocycles. The van der Waals surface area contributed by atoms with Crippen LogP contribution in [0.2, 0.25) is 0 Å². The Kier molecular flexibility index (Phi) is 5.93. The topological polar surface area (TPSA) is 24.5 Å². The third kappa shape index (κ3) is 4.52. The molecule has 106 valence electrons. The van der Waals surface area contributed by atoms with Crippen LogP contribution < -0.4 is 5.32 Å². The van der Waals surface area contributed by atoms with Crippen LogP contribution >= 0.6 is 0 Å². The molecule has 0 aromatic rings. The molecule has 1 saturated carbocycles. The molecule has 2 rings (SSSR count). The third-order valence-corrected chi connectivity index (χ3v) is 4.62. The van der Waals surface area contributed by atoms with Crippen LogP contribution in [-0.2, 0) is 4.74 Å². The minimum Gasteiger partial charge on any atom is -0.383 e. The van der Waals surface area contributed by atoms with Crippen molar-refractivity contribution >= 4 is 0 Å². The lowest BCUT2D eigenvalue weighted by atomic mass is 10.1. The van der Waals surface area contributed by atoms with Crippen LogP contribution in [0.15, 0.2) is 0 Å². The standard InChI is InChI=1S/C15H30N2O/c1-13(14-7-8-14)17(11-12-18-2)10-4-6-15-5-3-9-16-15/h13-16H,3-12H2,1-2H3. The summed E-state index contributed by atoms with van der Waals surface area (Å²) in [6.07, 6.45) is 8.32. The molecule has 1 saturated heterocycles. The Balaban J connectivity index is 1.66. The van der Waals surface area contributed by atoms with Crippen molar-refractivity contribution in [2.45, 2.75) is 57.5 Å². The van der Waals surface area contributed by atoms with Crippen LogP contribution in [0.3, 0.4) is 0 Å². The smallest absolute Gasteiger partial charge is 0.0589 e. The van der Waals surface area contributed by atoms with E-state index in [-0.39, 0.29) is 0 Å². The Morgan fingerprint density at radius 3 is 2.72 bits per heavy atom.